The summed E-state index contributed by atoms with van der Waals surface area (Å²) in [5.41, 5.74) is 1.34. The molecule has 1 nitrogen and oxygen atoms in total. The Labute approximate surface area is 121 Å². The molecule has 0 fully saturated rings. The molecule has 0 saturated carbocycles. The van der Waals surface area contributed by atoms with Gasteiger partial charge in [-0.25, -0.2) is 0 Å². The summed E-state index contributed by atoms with van der Waals surface area (Å²) in [6.45, 7) is 1.96. The minimum absolute atomic E-state index is 0.809. The van der Waals surface area contributed by atoms with E-state index in [1.807, 2.05) is 11.3 Å². The predicted octanol–water partition coefficient (Wildman–Crippen LogP) is 3.93. The molecule has 4 heteroatoms. The zero-order valence-electron chi connectivity index (χ0n) is 10.0. The molecule has 0 aliphatic rings. The summed E-state index contributed by atoms with van der Waals surface area (Å²) in [5.74, 6) is 4.52. The summed E-state index contributed by atoms with van der Waals surface area (Å²) < 4.78 is 0. The second kappa shape index (κ2) is 7.65. The van der Waals surface area contributed by atoms with Crippen molar-refractivity contribution in [2.45, 2.75) is 6.54 Å². The molecule has 0 aliphatic carbocycles. The molecule has 0 aromatic carbocycles. The van der Waals surface area contributed by atoms with E-state index in [1.165, 1.54) is 15.3 Å². The van der Waals surface area contributed by atoms with Crippen LogP contribution in [0.15, 0.2) is 29.0 Å². The Bertz CT molecular complexity index is 493. The van der Waals surface area contributed by atoms with Crippen molar-refractivity contribution in [1.29, 1.82) is 0 Å². The molecule has 0 saturated heterocycles. The van der Waals surface area contributed by atoms with Crippen LogP contribution in [0.25, 0.3) is 10.4 Å². The van der Waals surface area contributed by atoms with Gasteiger partial charge in [-0.2, -0.15) is 0 Å². The van der Waals surface area contributed by atoms with E-state index in [-0.39, 0.29) is 0 Å². The monoisotopic (exact) mass is 293 g/mol. The predicted molar refractivity (Wildman–Crippen MR) is 85.5 cm³/mol. The molecule has 0 spiro atoms. The average molecular weight is 293 g/mol. The molecular formula is C14H15NS3. The lowest BCUT2D eigenvalue weighted by atomic mass is 10.2. The average Bonchev–Trinajstić information content (AvgIpc) is 3.03. The van der Waals surface area contributed by atoms with Gasteiger partial charge in [0.25, 0.3) is 0 Å². The first-order valence-corrected chi connectivity index (χ1v) is 8.65. The molecule has 0 bridgehead atoms. The van der Waals surface area contributed by atoms with E-state index in [0.29, 0.717) is 0 Å². The van der Waals surface area contributed by atoms with Crippen LogP contribution in [0.3, 0.4) is 0 Å². The smallest absolute Gasteiger partial charge is 0.0545 e. The minimum atomic E-state index is 0.809. The van der Waals surface area contributed by atoms with Gasteiger partial charge in [-0.15, -0.1) is 40.9 Å². The fraction of sp³-hybridized carbons (Fsp3) is 0.286. The van der Waals surface area contributed by atoms with Crippen LogP contribution < -0.4 is 5.32 Å². The Morgan fingerprint density at radius 2 is 2.33 bits per heavy atom. The number of nitrogens with one attached hydrogen (secondary N) is 1. The molecule has 0 amide bonds. The van der Waals surface area contributed by atoms with Crippen molar-refractivity contribution in [3.63, 3.8) is 0 Å². The lowest BCUT2D eigenvalue weighted by molar-refractivity contribution is 0.741. The van der Waals surface area contributed by atoms with Crippen molar-refractivity contribution in [3.8, 4) is 22.8 Å². The third kappa shape index (κ3) is 4.18. The Hall–Kier alpha value is -0.730. The maximum atomic E-state index is 5.19. The lowest BCUT2D eigenvalue weighted by Gasteiger charge is -2.01. The Morgan fingerprint density at radius 3 is 3.11 bits per heavy atom. The van der Waals surface area contributed by atoms with Crippen molar-refractivity contribution in [1.82, 2.24) is 5.32 Å². The summed E-state index contributed by atoms with van der Waals surface area (Å²) in [7, 11) is 0. The van der Waals surface area contributed by atoms with Crippen LogP contribution in [0.4, 0.5) is 0 Å². The molecule has 0 unspecified atom stereocenters. The van der Waals surface area contributed by atoms with Crippen LogP contribution in [-0.2, 0) is 6.54 Å². The first-order chi connectivity index (χ1) is 8.90. The van der Waals surface area contributed by atoms with Crippen molar-refractivity contribution < 1.29 is 0 Å². The summed E-state index contributed by atoms with van der Waals surface area (Å²) in [4.78, 5) is 2.74. The van der Waals surface area contributed by atoms with Gasteiger partial charge in [0.15, 0.2) is 0 Å². The molecule has 0 aliphatic heterocycles. The number of thiophene rings is 2. The number of hydrogen-bond acceptors (Lipinski definition) is 4. The van der Waals surface area contributed by atoms with E-state index >= 15 is 0 Å². The first kappa shape index (κ1) is 13.7. The molecule has 0 atom stereocenters. The second-order valence-electron chi connectivity index (χ2n) is 3.71. The van der Waals surface area contributed by atoms with E-state index in [4.69, 9.17) is 6.42 Å². The quantitative estimate of drug-likeness (QED) is 0.613. The van der Waals surface area contributed by atoms with Crippen molar-refractivity contribution in [3.05, 3.63) is 33.8 Å². The molecule has 2 heterocycles. The maximum Gasteiger partial charge on any atom is 0.0545 e. The summed E-state index contributed by atoms with van der Waals surface area (Å²) in [6.07, 6.45) is 5.19. The SMILES string of the molecule is C#CCSCCNCc1cc(-c2cccs2)cs1. The molecule has 2 aromatic rings. The largest absolute Gasteiger partial charge is 0.311 e. The number of terminal acetylenes is 1. The van der Waals surface area contributed by atoms with Crippen molar-refractivity contribution in [2.75, 3.05) is 18.1 Å². The molecule has 0 radical (unpaired) electrons. The summed E-state index contributed by atoms with van der Waals surface area (Å²) in [6, 6.07) is 6.54. The molecular weight excluding hydrogens is 278 g/mol. The summed E-state index contributed by atoms with van der Waals surface area (Å²) in [5, 5.41) is 7.79. The highest BCUT2D eigenvalue weighted by atomic mass is 32.2. The van der Waals surface area contributed by atoms with Crippen molar-refractivity contribution >= 4 is 34.4 Å². The van der Waals surface area contributed by atoms with Gasteiger partial charge in [0.2, 0.25) is 0 Å². The van der Waals surface area contributed by atoms with Gasteiger partial charge in [0.1, 0.15) is 0 Å². The molecule has 2 rings (SSSR count). The van der Waals surface area contributed by atoms with Gasteiger partial charge in [-0.3, -0.25) is 0 Å². The highest BCUT2D eigenvalue weighted by Gasteiger charge is 2.02. The van der Waals surface area contributed by atoms with Crippen LogP contribution in [0, 0.1) is 12.3 Å². The van der Waals surface area contributed by atoms with Gasteiger partial charge >= 0.3 is 0 Å². The third-order valence-corrected chi connectivity index (χ3v) is 5.09. The second-order valence-corrected chi connectivity index (χ2v) is 6.76. The molecule has 1 N–H and O–H groups in total. The highest BCUT2D eigenvalue weighted by Crippen LogP contribution is 2.29. The number of thioether (sulfide) groups is 1. The van der Waals surface area contributed by atoms with Crippen LogP contribution in [0.2, 0.25) is 0 Å². The topological polar surface area (TPSA) is 12.0 Å². The van der Waals surface area contributed by atoms with Crippen LogP contribution in [0.1, 0.15) is 4.88 Å². The first-order valence-electron chi connectivity index (χ1n) is 5.73. The van der Waals surface area contributed by atoms with E-state index in [1.54, 1.807) is 23.1 Å². The Kier molecular flexibility index (Phi) is 5.82. The van der Waals surface area contributed by atoms with Gasteiger partial charge in [0, 0.05) is 34.2 Å². The van der Waals surface area contributed by atoms with Gasteiger partial charge in [-0.1, -0.05) is 12.0 Å². The number of rotatable bonds is 7. The molecule has 18 heavy (non-hydrogen) atoms. The lowest BCUT2D eigenvalue weighted by Crippen LogP contribution is -2.15. The van der Waals surface area contributed by atoms with Gasteiger partial charge in [0.05, 0.1) is 5.75 Å². The van der Waals surface area contributed by atoms with E-state index in [9.17, 15) is 0 Å². The van der Waals surface area contributed by atoms with Crippen LogP contribution >= 0.6 is 34.4 Å². The fourth-order valence-corrected chi connectivity index (χ4v) is 3.73. The van der Waals surface area contributed by atoms with E-state index in [0.717, 1.165) is 24.6 Å². The maximum absolute atomic E-state index is 5.19. The molecule has 2 aromatic heterocycles. The Morgan fingerprint density at radius 1 is 1.39 bits per heavy atom. The minimum Gasteiger partial charge on any atom is -0.311 e. The fourth-order valence-electron chi connectivity index (χ4n) is 1.53. The van der Waals surface area contributed by atoms with Gasteiger partial charge < -0.3 is 5.32 Å². The normalized spacial score (nSPS) is 10.4. The number of hydrogen-bond donors (Lipinski definition) is 1. The standard InChI is InChI=1S/C14H15NS3/c1-2-6-16-8-5-15-10-13-9-12(11-18-13)14-4-3-7-17-14/h1,3-4,7,9,11,15H,5-6,8,10H2. The van der Waals surface area contributed by atoms with Crippen molar-refractivity contribution in [2.24, 2.45) is 0 Å². The third-order valence-electron chi connectivity index (χ3n) is 2.37. The zero-order chi connectivity index (χ0) is 12.6. The van der Waals surface area contributed by atoms with E-state index < -0.39 is 0 Å². The van der Waals surface area contributed by atoms with E-state index in [2.05, 4.69) is 40.2 Å². The Balaban J connectivity index is 1.73. The highest BCUT2D eigenvalue weighted by molar-refractivity contribution is 7.99. The van der Waals surface area contributed by atoms with Crippen LogP contribution in [-0.4, -0.2) is 18.1 Å². The summed E-state index contributed by atoms with van der Waals surface area (Å²) >= 11 is 5.41. The van der Waals surface area contributed by atoms with Gasteiger partial charge in [-0.05, 0) is 22.9 Å². The van der Waals surface area contributed by atoms with Crippen LogP contribution in [0.5, 0.6) is 0 Å². The zero-order valence-corrected chi connectivity index (χ0v) is 12.5. The molecule has 94 valence electrons.